The summed E-state index contributed by atoms with van der Waals surface area (Å²) >= 11 is 0. The van der Waals surface area contributed by atoms with E-state index in [1.165, 1.54) is 5.56 Å². The summed E-state index contributed by atoms with van der Waals surface area (Å²) in [5.41, 5.74) is 1.24. The second kappa shape index (κ2) is 9.75. The topological polar surface area (TPSA) is 33.7 Å². The Bertz CT molecular complexity index is 369. The fraction of sp³-hybridized carbons (Fsp3) is 0.625. The van der Waals surface area contributed by atoms with E-state index in [-0.39, 0.29) is 0 Å². The molecular formula is C16H28N2O2. The molecule has 0 heterocycles. The van der Waals surface area contributed by atoms with Gasteiger partial charge in [-0.3, -0.25) is 0 Å². The molecule has 114 valence electrons. The van der Waals surface area contributed by atoms with Crippen LogP contribution in [0.4, 0.5) is 0 Å². The molecule has 0 fully saturated rings. The maximum atomic E-state index is 5.56. The van der Waals surface area contributed by atoms with Crippen LogP contribution in [0.5, 0.6) is 5.75 Å². The zero-order valence-corrected chi connectivity index (χ0v) is 13.2. The van der Waals surface area contributed by atoms with Crippen molar-refractivity contribution >= 4 is 0 Å². The van der Waals surface area contributed by atoms with E-state index in [4.69, 9.17) is 9.47 Å². The Balaban J connectivity index is 2.18. The lowest BCUT2D eigenvalue weighted by Gasteiger charge is -2.16. The molecular weight excluding hydrogens is 252 g/mol. The van der Waals surface area contributed by atoms with Gasteiger partial charge in [0.25, 0.3) is 0 Å². The molecule has 0 aliphatic carbocycles. The number of hydrogen-bond donors (Lipinski definition) is 1. The van der Waals surface area contributed by atoms with E-state index in [1.807, 2.05) is 12.1 Å². The van der Waals surface area contributed by atoms with Crippen molar-refractivity contribution < 1.29 is 9.47 Å². The molecule has 0 amide bonds. The molecule has 0 aliphatic heterocycles. The molecule has 1 N–H and O–H groups in total. The molecule has 1 aromatic rings. The van der Waals surface area contributed by atoms with Gasteiger partial charge in [-0.25, -0.2) is 0 Å². The number of rotatable bonds is 10. The van der Waals surface area contributed by atoms with Crippen LogP contribution < -0.4 is 10.1 Å². The summed E-state index contributed by atoms with van der Waals surface area (Å²) in [7, 11) is 5.82. The Morgan fingerprint density at radius 1 is 1.20 bits per heavy atom. The zero-order valence-electron chi connectivity index (χ0n) is 13.2. The lowest BCUT2D eigenvalue weighted by molar-refractivity contribution is 0.118. The van der Waals surface area contributed by atoms with E-state index in [2.05, 4.69) is 43.4 Å². The monoisotopic (exact) mass is 280 g/mol. The predicted molar refractivity (Wildman–Crippen MR) is 83.5 cm³/mol. The van der Waals surface area contributed by atoms with Gasteiger partial charge in [0.15, 0.2) is 0 Å². The third-order valence-electron chi connectivity index (χ3n) is 3.14. The van der Waals surface area contributed by atoms with Crippen molar-refractivity contribution in [3.8, 4) is 5.75 Å². The molecule has 1 atom stereocenters. The summed E-state index contributed by atoms with van der Waals surface area (Å²) in [6.45, 7) is 5.58. The van der Waals surface area contributed by atoms with Gasteiger partial charge in [0.05, 0.1) is 20.3 Å². The highest BCUT2D eigenvalue weighted by molar-refractivity contribution is 5.33. The lowest BCUT2D eigenvalue weighted by Crippen LogP contribution is -2.31. The Kier molecular flexibility index (Phi) is 8.26. The highest BCUT2D eigenvalue weighted by Crippen LogP contribution is 2.18. The van der Waals surface area contributed by atoms with Crippen LogP contribution in [0, 0.1) is 0 Å². The van der Waals surface area contributed by atoms with Crippen molar-refractivity contribution in [2.45, 2.75) is 19.4 Å². The number of likely N-dealkylation sites (N-methyl/N-ethyl adjacent to an activating group) is 1. The van der Waals surface area contributed by atoms with Crippen LogP contribution in [0.15, 0.2) is 24.3 Å². The molecule has 0 saturated carbocycles. The number of para-hydroxylation sites is 1. The highest BCUT2D eigenvalue weighted by atomic mass is 16.5. The fourth-order valence-electron chi connectivity index (χ4n) is 2.00. The lowest BCUT2D eigenvalue weighted by atomic mass is 10.1. The largest absolute Gasteiger partial charge is 0.496 e. The predicted octanol–water partition coefficient (Wildman–Crippen LogP) is 1.79. The van der Waals surface area contributed by atoms with Crippen molar-refractivity contribution in [1.82, 2.24) is 10.2 Å². The Labute approximate surface area is 123 Å². The molecule has 20 heavy (non-hydrogen) atoms. The Morgan fingerprint density at radius 2 is 1.95 bits per heavy atom. The van der Waals surface area contributed by atoms with Crippen molar-refractivity contribution in [2.24, 2.45) is 0 Å². The molecule has 0 bridgehead atoms. The summed E-state index contributed by atoms with van der Waals surface area (Å²) in [5, 5.41) is 3.48. The quantitative estimate of drug-likeness (QED) is 0.663. The van der Waals surface area contributed by atoms with Crippen LogP contribution in [0.3, 0.4) is 0 Å². The molecule has 4 nitrogen and oxygen atoms in total. The van der Waals surface area contributed by atoms with Gasteiger partial charge in [0.1, 0.15) is 5.75 Å². The Morgan fingerprint density at radius 3 is 2.65 bits per heavy atom. The van der Waals surface area contributed by atoms with Gasteiger partial charge in [-0.2, -0.15) is 0 Å². The maximum absolute atomic E-state index is 5.56. The van der Waals surface area contributed by atoms with E-state index in [0.29, 0.717) is 6.04 Å². The SMILES string of the molecule is COc1ccccc1CC(C)NCCOCCN(C)C. The summed E-state index contributed by atoms with van der Waals surface area (Å²) in [6, 6.07) is 8.58. The van der Waals surface area contributed by atoms with E-state index in [0.717, 1.165) is 38.5 Å². The van der Waals surface area contributed by atoms with E-state index >= 15 is 0 Å². The van der Waals surface area contributed by atoms with Crippen LogP contribution in [0.1, 0.15) is 12.5 Å². The molecule has 1 aromatic carbocycles. The molecule has 0 aliphatic rings. The highest BCUT2D eigenvalue weighted by Gasteiger charge is 2.07. The van der Waals surface area contributed by atoms with Crippen LogP contribution in [0.2, 0.25) is 0 Å². The first kappa shape index (κ1) is 17.0. The van der Waals surface area contributed by atoms with Gasteiger partial charge in [-0.15, -0.1) is 0 Å². The smallest absolute Gasteiger partial charge is 0.122 e. The maximum Gasteiger partial charge on any atom is 0.122 e. The van der Waals surface area contributed by atoms with Gasteiger partial charge in [0.2, 0.25) is 0 Å². The van der Waals surface area contributed by atoms with Gasteiger partial charge < -0.3 is 19.7 Å². The van der Waals surface area contributed by atoms with Gasteiger partial charge in [-0.1, -0.05) is 18.2 Å². The third-order valence-corrected chi connectivity index (χ3v) is 3.14. The van der Waals surface area contributed by atoms with E-state index < -0.39 is 0 Å². The summed E-state index contributed by atoms with van der Waals surface area (Å²) < 4.78 is 10.9. The summed E-state index contributed by atoms with van der Waals surface area (Å²) in [4.78, 5) is 2.12. The summed E-state index contributed by atoms with van der Waals surface area (Å²) in [5.74, 6) is 0.961. The first-order valence-corrected chi connectivity index (χ1v) is 7.21. The van der Waals surface area contributed by atoms with Gasteiger partial charge >= 0.3 is 0 Å². The first-order chi connectivity index (χ1) is 9.63. The molecule has 0 spiro atoms. The average molecular weight is 280 g/mol. The molecule has 4 heteroatoms. The van der Waals surface area contributed by atoms with Gasteiger partial charge in [0, 0.05) is 19.1 Å². The zero-order chi connectivity index (χ0) is 14.8. The molecule has 0 radical (unpaired) electrons. The molecule has 1 rings (SSSR count). The second-order valence-corrected chi connectivity index (χ2v) is 5.29. The second-order valence-electron chi connectivity index (χ2n) is 5.29. The number of nitrogens with one attached hydrogen (secondary N) is 1. The number of methoxy groups -OCH3 is 1. The van der Waals surface area contributed by atoms with E-state index in [9.17, 15) is 0 Å². The van der Waals surface area contributed by atoms with Gasteiger partial charge in [-0.05, 0) is 39.1 Å². The first-order valence-electron chi connectivity index (χ1n) is 7.21. The molecule has 0 saturated heterocycles. The number of ether oxygens (including phenoxy) is 2. The molecule has 0 aromatic heterocycles. The van der Waals surface area contributed by atoms with Crippen LogP contribution in [-0.2, 0) is 11.2 Å². The minimum atomic E-state index is 0.406. The minimum absolute atomic E-state index is 0.406. The van der Waals surface area contributed by atoms with E-state index in [1.54, 1.807) is 7.11 Å². The standard InChI is InChI=1S/C16H28N2O2/c1-14(17-9-11-20-12-10-18(2)3)13-15-7-5-6-8-16(15)19-4/h5-8,14,17H,9-13H2,1-4H3. The third kappa shape index (κ3) is 6.89. The number of benzene rings is 1. The molecule has 1 unspecified atom stereocenters. The normalized spacial score (nSPS) is 12.7. The number of hydrogen-bond acceptors (Lipinski definition) is 4. The van der Waals surface area contributed by atoms with Crippen LogP contribution >= 0.6 is 0 Å². The van der Waals surface area contributed by atoms with Crippen LogP contribution in [0.25, 0.3) is 0 Å². The van der Waals surface area contributed by atoms with Crippen molar-refractivity contribution in [2.75, 3.05) is 47.5 Å². The minimum Gasteiger partial charge on any atom is -0.496 e. The summed E-state index contributed by atoms with van der Waals surface area (Å²) in [6.07, 6.45) is 0.960. The fourth-order valence-corrected chi connectivity index (χ4v) is 2.00. The van der Waals surface area contributed by atoms with Crippen molar-refractivity contribution in [3.05, 3.63) is 29.8 Å². The number of nitrogens with zero attached hydrogens (tertiary/aromatic N) is 1. The van der Waals surface area contributed by atoms with Crippen molar-refractivity contribution in [3.63, 3.8) is 0 Å². The average Bonchev–Trinajstić information content (AvgIpc) is 2.43. The Hall–Kier alpha value is -1.10. The van der Waals surface area contributed by atoms with Crippen molar-refractivity contribution in [1.29, 1.82) is 0 Å². The van der Waals surface area contributed by atoms with Crippen LogP contribution in [-0.4, -0.2) is 58.5 Å².